The monoisotopic (exact) mass is 275 g/mol. The highest BCUT2D eigenvalue weighted by molar-refractivity contribution is 7.80. The highest BCUT2D eigenvalue weighted by Crippen LogP contribution is 2.27. The van der Waals surface area contributed by atoms with Crippen molar-refractivity contribution in [3.63, 3.8) is 0 Å². The third-order valence-corrected chi connectivity index (χ3v) is 2.94. The molecule has 1 aromatic carbocycles. The van der Waals surface area contributed by atoms with Gasteiger partial charge < -0.3 is 21.4 Å². The Morgan fingerprint density at radius 1 is 1.42 bits per heavy atom. The van der Waals surface area contributed by atoms with E-state index in [1.54, 1.807) is 18.0 Å². The van der Waals surface area contributed by atoms with Gasteiger partial charge in [-0.25, -0.2) is 4.98 Å². The number of hydrogen-bond donors (Lipinski definition) is 3. The third-order valence-electron chi connectivity index (χ3n) is 2.72. The first kappa shape index (κ1) is 13.0. The first-order chi connectivity index (χ1) is 9.02. The van der Waals surface area contributed by atoms with E-state index in [2.05, 4.69) is 9.97 Å². The summed E-state index contributed by atoms with van der Waals surface area (Å²) in [6.45, 7) is 0. The predicted molar refractivity (Wildman–Crippen MR) is 79.7 cm³/mol. The third kappa shape index (κ3) is 2.41. The van der Waals surface area contributed by atoms with Gasteiger partial charge in [0.25, 0.3) is 5.56 Å². The number of nitrogen functional groups attached to an aromatic ring is 1. The minimum atomic E-state index is -0.385. The normalized spacial score (nSPS) is 10.2. The van der Waals surface area contributed by atoms with Crippen LogP contribution in [0, 0.1) is 0 Å². The number of anilines is 3. The Morgan fingerprint density at radius 2 is 2.11 bits per heavy atom. The molecule has 0 fully saturated rings. The predicted octanol–water partition coefficient (Wildman–Crippen LogP) is 0.754. The highest BCUT2D eigenvalue weighted by Gasteiger charge is 2.15. The van der Waals surface area contributed by atoms with Crippen LogP contribution >= 0.6 is 12.2 Å². The van der Waals surface area contributed by atoms with E-state index in [9.17, 15) is 4.79 Å². The number of para-hydroxylation sites is 1. The second-order valence-electron chi connectivity index (χ2n) is 3.91. The van der Waals surface area contributed by atoms with Crippen molar-refractivity contribution in [2.45, 2.75) is 0 Å². The molecule has 19 heavy (non-hydrogen) atoms. The molecule has 1 aromatic heterocycles. The van der Waals surface area contributed by atoms with Crippen LogP contribution in [0.4, 0.5) is 17.2 Å². The van der Waals surface area contributed by atoms with Crippen molar-refractivity contribution in [3.8, 4) is 0 Å². The zero-order valence-electron chi connectivity index (χ0n) is 10.3. The molecule has 0 spiro atoms. The lowest BCUT2D eigenvalue weighted by Gasteiger charge is -2.21. The summed E-state index contributed by atoms with van der Waals surface area (Å²) in [7, 11) is 1.75. The first-order valence-corrected chi connectivity index (χ1v) is 5.89. The number of aromatic amines is 1. The van der Waals surface area contributed by atoms with Crippen molar-refractivity contribution >= 4 is 34.4 Å². The standard InChI is InChI=1S/C12H13N5OS/c1-17(11-9(13)12(18)16-6-15-11)8-5-3-2-4-7(8)10(14)19/h2-6H,13H2,1H3,(H2,14,19)(H,15,16,18). The number of rotatable bonds is 3. The van der Waals surface area contributed by atoms with Crippen molar-refractivity contribution < 1.29 is 0 Å². The van der Waals surface area contributed by atoms with E-state index < -0.39 is 0 Å². The van der Waals surface area contributed by atoms with E-state index in [0.29, 0.717) is 11.4 Å². The summed E-state index contributed by atoms with van der Waals surface area (Å²) in [6.07, 6.45) is 1.30. The molecule has 2 rings (SSSR count). The maximum Gasteiger partial charge on any atom is 0.276 e. The Balaban J connectivity index is 2.56. The van der Waals surface area contributed by atoms with Gasteiger partial charge in [-0.1, -0.05) is 24.4 Å². The summed E-state index contributed by atoms with van der Waals surface area (Å²) < 4.78 is 0. The molecular weight excluding hydrogens is 262 g/mol. The van der Waals surface area contributed by atoms with Crippen LogP contribution in [0.1, 0.15) is 5.56 Å². The van der Waals surface area contributed by atoms with E-state index in [0.717, 1.165) is 5.69 Å². The summed E-state index contributed by atoms with van der Waals surface area (Å²) in [4.78, 5) is 19.9. The molecular formula is C12H13N5OS. The SMILES string of the molecule is CN(c1ccccc1C(N)=S)c1nc[nH]c(=O)c1N. The summed E-state index contributed by atoms with van der Waals surface area (Å²) in [6, 6.07) is 7.31. The number of nitrogens with two attached hydrogens (primary N) is 2. The number of H-pyrrole nitrogens is 1. The molecule has 6 nitrogen and oxygen atoms in total. The first-order valence-electron chi connectivity index (χ1n) is 5.48. The number of thiocarbonyl (C=S) groups is 1. The van der Waals surface area contributed by atoms with E-state index >= 15 is 0 Å². The molecule has 0 aliphatic heterocycles. The maximum absolute atomic E-state index is 11.5. The fourth-order valence-electron chi connectivity index (χ4n) is 1.76. The lowest BCUT2D eigenvalue weighted by atomic mass is 10.1. The Bertz CT molecular complexity index is 682. The second-order valence-corrected chi connectivity index (χ2v) is 4.35. The molecule has 0 bridgehead atoms. The van der Waals surface area contributed by atoms with E-state index in [4.69, 9.17) is 23.7 Å². The van der Waals surface area contributed by atoms with Crippen LogP contribution in [0.25, 0.3) is 0 Å². The topological polar surface area (TPSA) is 101 Å². The van der Waals surface area contributed by atoms with Crippen molar-refractivity contribution in [2.24, 2.45) is 5.73 Å². The average molecular weight is 275 g/mol. The largest absolute Gasteiger partial charge is 0.391 e. The van der Waals surface area contributed by atoms with Crippen molar-refractivity contribution in [1.29, 1.82) is 0 Å². The number of benzene rings is 1. The van der Waals surface area contributed by atoms with Crippen LogP contribution in [-0.4, -0.2) is 22.0 Å². The molecule has 2 aromatic rings. The smallest absolute Gasteiger partial charge is 0.276 e. The summed E-state index contributed by atoms with van der Waals surface area (Å²) in [5, 5.41) is 0. The zero-order valence-corrected chi connectivity index (χ0v) is 11.1. The fraction of sp³-hybridized carbons (Fsp3) is 0.0833. The van der Waals surface area contributed by atoms with Crippen LogP contribution in [-0.2, 0) is 0 Å². The molecule has 0 amide bonds. The number of nitrogens with one attached hydrogen (secondary N) is 1. The lowest BCUT2D eigenvalue weighted by molar-refractivity contribution is 1.06. The van der Waals surface area contributed by atoms with Crippen LogP contribution < -0.4 is 21.9 Å². The summed E-state index contributed by atoms with van der Waals surface area (Å²) in [5.74, 6) is 0.354. The Kier molecular flexibility index (Phi) is 3.48. The van der Waals surface area contributed by atoms with Gasteiger partial charge in [-0.2, -0.15) is 0 Å². The van der Waals surface area contributed by atoms with Gasteiger partial charge in [-0.05, 0) is 12.1 Å². The fourth-order valence-corrected chi connectivity index (χ4v) is 1.93. The van der Waals surface area contributed by atoms with E-state index in [-0.39, 0.29) is 16.2 Å². The van der Waals surface area contributed by atoms with Gasteiger partial charge in [0.1, 0.15) is 10.7 Å². The summed E-state index contributed by atoms with van der Waals surface area (Å²) >= 11 is 5.01. The lowest BCUT2D eigenvalue weighted by Crippen LogP contribution is -2.23. The minimum Gasteiger partial charge on any atom is -0.391 e. The van der Waals surface area contributed by atoms with Crippen molar-refractivity contribution in [2.75, 3.05) is 17.7 Å². The van der Waals surface area contributed by atoms with Gasteiger partial charge in [-0.3, -0.25) is 4.79 Å². The molecule has 0 atom stereocenters. The molecule has 1 heterocycles. The van der Waals surface area contributed by atoms with E-state index in [1.807, 2.05) is 18.2 Å². The molecule has 0 unspecified atom stereocenters. The van der Waals surface area contributed by atoms with Crippen LogP contribution in [0.5, 0.6) is 0 Å². The Labute approximate surface area is 115 Å². The molecule has 0 aliphatic rings. The van der Waals surface area contributed by atoms with Crippen LogP contribution in [0.15, 0.2) is 35.4 Å². The van der Waals surface area contributed by atoms with Crippen molar-refractivity contribution in [1.82, 2.24) is 9.97 Å². The van der Waals surface area contributed by atoms with Gasteiger partial charge in [0.15, 0.2) is 5.82 Å². The van der Waals surface area contributed by atoms with E-state index in [1.165, 1.54) is 6.33 Å². The second kappa shape index (κ2) is 5.07. The van der Waals surface area contributed by atoms with Gasteiger partial charge in [0, 0.05) is 12.6 Å². The highest BCUT2D eigenvalue weighted by atomic mass is 32.1. The summed E-state index contributed by atoms with van der Waals surface area (Å²) in [5.41, 5.74) is 12.5. The van der Waals surface area contributed by atoms with Gasteiger partial charge in [0.2, 0.25) is 0 Å². The number of aromatic nitrogens is 2. The van der Waals surface area contributed by atoms with Gasteiger partial charge in [0.05, 0.1) is 12.0 Å². The maximum atomic E-state index is 11.5. The molecule has 0 saturated carbocycles. The molecule has 0 aliphatic carbocycles. The molecule has 0 saturated heterocycles. The molecule has 5 N–H and O–H groups in total. The van der Waals surface area contributed by atoms with Crippen LogP contribution in [0.2, 0.25) is 0 Å². The minimum absolute atomic E-state index is 0.0442. The van der Waals surface area contributed by atoms with Gasteiger partial charge >= 0.3 is 0 Å². The van der Waals surface area contributed by atoms with Gasteiger partial charge in [-0.15, -0.1) is 0 Å². The molecule has 0 radical (unpaired) electrons. The Hall–Kier alpha value is -2.41. The molecule has 98 valence electrons. The molecule has 7 heteroatoms. The average Bonchev–Trinajstić information content (AvgIpc) is 2.41. The number of hydrogen-bond acceptors (Lipinski definition) is 5. The van der Waals surface area contributed by atoms with Crippen molar-refractivity contribution in [3.05, 3.63) is 46.5 Å². The number of nitrogens with zero attached hydrogens (tertiary/aromatic N) is 2. The zero-order chi connectivity index (χ0) is 14.0. The Morgan fingerprint density at radius 3 is 2.79 bits per heavy atom. The quantitative estimate of drug-likeness (QED) is 0.715. The van der Waals surface area contributed by atoms with Crippen LogP contribution in [0.3, 0.4) is 0 Å².